The van der Waals surface area contributed by atoms with Gasteiger partial charge in [-0.1, -0.05) is 6.92 Å². The van der Waals surface area contributed by atoms with Gasteiger partial charge in [-0.15, -0.1) is 0 Å². The maximum absolute atomic E-state index is 5.60. The molecule has 0 atom stereocenters. The first kappa shape index (κ1) is 8.84. The lowest BCUT2D eigenvalue weighted by Crippen LogP contribution is -1.99. The van der Waals surface area contributed by atoms with Gasteiger partial charge in [0, 0.05) is 6.07 Å². The van der Waals surface area contributed by atoms with Crippen LogP contribution in [0.5, 0.6) is 5.88 Å². The molecule has 1 aromatic rings. The summed E-state index contributed by atoms with van der Waals surface area (Å²) in [5.41, 5.74) is 7.13. The fourth-order valence-corrected chi connectivity index (χ4v) is 0.836. The Morgan fingerprint density at radius 2 is 2.25 bits per heavy atom. The summed E-state index contributed by atoms with van der Waals surface area (Å²) in [6, 6.07) is 3.60. The second-order valence-corrected chi connectivity index (χ2v) is 2.67. The Kier molecular flexibility index (Phi) is 2.91. The summed E-state index contributed by atoms with van der Waals surface area (Å²) in [6.45, 7) is 4.63. The highest BCUT2D eigenvalue weighted by molar-refractivity contribution is 5.43. The second-order valence-electron chi connectivity index (χ2n) is 2.67. The average Bonchev–Trinajstić information content (AvgIpc) is 2.07. The predicted octanol–water partition coefficient (Wildman–Crippen LogP) is 1.76. The molecule has 0 amide bonds. The van der Waals surface area contributed by atoms with Crippen LogP contribution in [-0.2, 0) is 0 Å². The Labute approximate surface area is 72.6 Å². The Morgan fingerprint density at radius 1 is 1.50 bits per heavy atom. The van der Waals surface area contributed by atoms with Gasteiger partial charge in [0.2, 0.25) is 5.88 Å². The van der Waals surface area contributed by atoms with E-state index in [1.165, 1.54) is 0 Å². The summed E-state index contributed by atoms with van der Waals surface area (Å²) >= 11 is 0. The Balaban J connectivity index is 2.69. The summed E-state index contributed by atoms with van der Waals surface area (Å²) in [4.78, 5) is 4.16. The molecule has 0 saturated carbocycles. The van der Waals surface area contributed by atoms with Crippen LogP contribution in [-0.4, -0.2) is 11.6 Å². The second kappa shape index (κ2) is 3.95. The molecule has 1 rings (SSSR count). The van der Waals surface area contributed by atoms with Crippen LogP contribution >= 0.6 is 0 Å². The molecule has 1 heterocycles. The van der Waals surface area contributed by atoms with E-state index in [1.807, 2.05) is 13.0 Å². The zero-order valence-corrected chi connectivity index (χ0v) is 7.50. The zero-order valence-electron chi connectivity index (χ0n) is 7.50. The largest absolute Gasteiger partial charge is 0.478 e. The van der Waals surface area contributed by atoms with E-state index in [1.54, 1.807) is 6.07 Å². The molecule has 0 bridgehead atoms. The SMILES string of the molecule is CCCOc1ccc(N)c(C)n1. The van der Waals surface area contributed by atoms with Crippen molar-refractivity contribution in [1.82, 2.24) is 4.98 Å². The number of aromatic nitrogens is 1. The number of hydrogen-bond donors (Lipinski definition) is 1. The third-order valence-corrected chi connectivity index (χ3v) is 1.56. The molecule has 0 spiro atoms. The average molecular weight is 166 g/mol. The van der Waals surface area contributed by atoms with E-state index in [0.29, 0.717) is 18.2 Å². The summed E-state index contributed by atoms with van der Waals surface area (Å²) in [5.74, 6) is 0.656. The molecule has 3 nitrogen and oxygen atoms in total. The van der Waals surface area contributed by atoms with Crippen molar-refractivity contribution in [3.05, 3.63) is 17.8 Å². The lowest BCUT2D eigenvalue weighted by molar-refractivity contribution is 0.305. The van der Waals surface area contributed by atoms with Crippen molar-refractivity contribution in [2.45, 2.75) is 20.3 Å². The summed E-state index contributed by atoms with van der Waals surface area (Å²) in [7, 11) is 0. The van der Waals surface area contributed by atoms with Gasteiger partial charge in [-0.3, -0.25) is 0 Å². The standard InChI is InChI=1S/C9H14N2O/c1-3-6-12-9-5-4-8(10)7(2)11-9/h4-5H,3,6,10H2,1-2H3. The molecule has 66 valence electrons. The highest BCUT2D eigenvalue weighted by Crippen LogP contribution is 2.13. The van der Waals surface area contributed by atoms with Gasteiger partial charge in [-0.2, -0.15) is 0 Å². The van der Waals surface area contributed by atoms with Gasteiger partial charge >= 0.3 is 0 Å². The molecule has 0 fully saturated rings. The first-order valence-electron chi connectivity index (χ1n) is 4.10. The number of aryl methyl sites for hydroxylation is 1. The van der Waals surface area contributed by atoms with Crippen LogP contribution in [0.1, 0.15) is 19.0 Å². The predicted molar refractivity (Wildman–Crippen MR) is 49.2 cm³/mol. The summed E-state index contributed by atoms with van der Waals surface area (Å²) in [6.07, 6.45) is 0.991. The number of anilines is 1. The number of nitrogen functional groups attached to an aromatic ring is 1. The molecule has 1 aromatic heterocycles. The van der Waals surface area contributed by atoms with Gasteiger partial charge in [-0.25, -0.2) is 4.98 Å². The molecule has 0 aliphatic carbocycles. The fourth-order valence-electron chi connectivity index (χ4n) is 0.836. The molecule has 0 aliphatic heterocycles. The van der Waals surface area contributed by atoms with Crippen LogP contribution < -0.4 is 10.5 Å². The van der Waals surface area contributed by atoms with Crippen LogP contribution in [0.3, 0.4) is 0 Å². The highest BCUT2D eigenvalue weighted by Gasteiger charge is 1.97. The van der Waals surface area contributed by atoms with Crippen molar-refractivity contribution in [3.8, 4) is 5.88 Å². The van der Waals surface area contributed by atoms with E-state index < -0.39 is 0 Å². The topological polar surface area (TPSA) is 48.1 Å². The minimum Gasteiger partial charge on any atom is -0.478 e. The maximum Gasteiger partial charge on any atom is 0.213 e. The summed E-state index contributed by atoms with van der Waals surface area (Å²) < 4.78 is 5.32. The molecule has 12 heavy (non-hydrogen) atoms. The van der Waals surface area contributed by atoms with Crippen molar-refractivity contribution < 1.29 is 4.74 Å². The minimum atomic E-state index is 0.656. The molecule has 0 aromatic carbocycles. The number of pyridine rings is 1. The van der Waals surface area contributed by atoms with E-state index in [9.17, 15) is 0 Å². The molecular weight excluding hydrogens is 152 g/mol. The van der Waals surface area contributed by atoms with Crippen molar-refractivity contribution in [3.63, 3.8) is 0 Å². The highest BCUT2D eigenvalue weighted by atomic mass is 16.5. The third kappa shape index (κ3) is 2.12. The van der Waals surface area contributed by atoms with Crippen molar-refractivity contribution >= 4 is 5.69 Å². The van der Waals surface area contributed by atoms with Crippen LogP contribution in [0, 0.1) is 6.92 Å². The van der Waals surface area contributed by atoms with Crippen LogP contribution in [0.25, 0.3) is 0 Å². The first-order valence-corrected chi connectivity index (χ1v) is 4.10. The van der Waals surface area contributed by atoms with E-state index in [-0.39, 0.29) is 0 Å². The number of rotatable bonds is 3. The van der Waals surface area contributed by atoms with E-state index in [2.05, 4.69) is 11.9 Å². The smallest absolute Gasteiger partial charge is 0.213 e. The van der Waals surface area contributed by atoms with Crippen molar-refractivity contribution in [2.75, 3.05) is 12.3 Å². The monoisotopic (exact) mass is 166 g/mol. The molecular formula is C9H14N2O. The van der Waals surface area contributed by atoms with Crippen LogP contribution in [0.15, 0.2) is 12.1 Å². The van der Waals surface area contributed by atoms with E-state index in [0.717, 1.165) is 12.1 Å². The molecule has 0 radical (unpaired) electrons. The lowest BCUT2D eigenvalue weighted by Gasteiger charge is -2.04. The Morgan fingerprint density at radius 3 is 2.83 bits per heavy atom. The van der Waals surface area contributed by atoms with Crippen molar-refractivity contribution in [2.24, 2.45) is 0 Å². The van der Waals surface area contributed by atoms with Gasteiger partial charge in [-0.05, 0) is 19.4 Å². The van der Waals surface area contributed by atoms with Gasteiger partial charge in [0.05, 0.1) is 18.0 Å². The van der Waals surface area contributed by atoms with Gasteiger partial charge < -0.3 is 10.5 Å². The maximum atomic E-state index is 5.60. The quantitative estimate of drug-likeness (QED) is 0.744. The lowest BCUT2D eigenvalue weighted by atomic mass is 10.3. The fraction of sp³-hybridized carbons (Fsp3) is 0.444. The Hall–Kier alpha value is -1.25. The first-order chi connectivity index (χ1) is 5.74. The molecule has 0 unspecified atom stereocenters. The molecule has 0 aliphatic rings. The summed E-state index contributed by atoms with van der Waals surface area (Å²) in [5, 5.41) is 0. The molecule has 0 saturated heterocycles. The molecule has 2 N–H and O–H groups in total. The van der Waals surface area contributed by atoms with Gasteiger partial charge in [0.25, 0.3) is 0 Å². The molecule has 3 heteroatoms. The normalized spacial score (nSPS) is 9.83. The number of nitrogens with zero attached hydrogens (tertiary/aromatic N) is 1. The van der Waals surface area contributed by atoms with Crippen LogP contribution in [0.2, 0.25) is 0 Å². The number of hydrogen-bond acceptors (Lipinski definition) is 3. The van der Waals surface area contributed by atoms with Gasteiger partial charge in [0.15, 0.2) is 0 Å². The van der Waals surface area contributed by atoms with E-state index >= 15 is 0 Å². The minimum absolute atomic E-state index is 0.656. The van der Waals surface area contributed by atoms with Gasteiger partial charge in [0.1, 0.15) is 0 Å². The Bertz CT molecular complexity index is 261. The van der Waals surface area contributed by atoms with Crippen molar-refractivity contribution in [1.29, 1.82) is 0 Å². The van der Waals surface area contributed by atoms with Crippen LogP contribution in [0.4, 0.5) is 5.69 Å². The zero-order chi connectivity index (χ0) is 8.97. The number of nitrogens with two attached hydrogens (primary N) is 1. The number of ether oxygens (including phenoxy) is 1. The van der Waals surface area contributed by atoms with E-state index in [4.69, 9.17) is 10.5 Å². The third-order valence-electron chi connectivity index (χ3n) is 1.56.